The molecule has 13 heavy (non-hydrogen) atoms. The summed E-state index contributed by atoms with van der Waals surface area (Å²) in [5.74, 6) is -0.0475. The highest BCUT2D eigenvalue weighted by Crippen LogP contribution is 2.16. The molecule has 1 aliphatic heterocycles. The van der Waals surface area contributed by atoms with E-state index in [2.05, 4.69) is 7.05 Å². The van der Waals surface area contributed by atoms with Gasteiger partial charge >= 0.3 is 5.97 Å². The summed E-state index contributed by atoms with van der Waals surface area (Å²) < 4.78 is 5.95. The lowest BCUT2D eigenvalue weighted by Crippen LogP contribution is -2.42. The van der Waals surface area contributed by atoms with Crippen LogP contribution in [0.15, 0.2) is 0 Å². The van der Waals surface area contributed by atoms with E-state index in [0.717, 1.165) is 11.0 Å². The van der Waals surface area contributed by atoms with Gasteiger partial charge in [-0.2, -0.15) is 0 Å². The largest absolute Gasteiger partial charge is 0.466 e. The highest BCUT2D eigenvalue weighted by Gasteiger charge is 2.27. The van der Waals surface area contributed by atoms with Crippen LogP contribution in [-0.2, 0) is 9.53 Å². The maximum Gasteiger partial charge on any atom is 0.311 e. The van der Waals surface area contributed by atoms with Crippen molar-refractivity contribution in [2.24, 2.45) is 0 Å². The van der Waals surface area contributed by atoms with Crippen LogP contribution in [0.4, 0.5) is 0 Å². The monoisotopic (exact) mass is 186 g/mol. The van der Waals surface area contributed by atoms with Gasteiger partial charge in [-0.1, -0.05) is 0 Å². The summed E-state index contributed by atoms with van der Waals surface area (Å²) in [5.41, 5.74) is 0. The Balaban J connectivity index is 2.21. The fraction of sp³-hybridized carbons (Fsp3) is 0.900. The number of nitrogens with zero attached hydrogens (tertiary/aromatic N) is 1. The molecule has 0 N–H and O–H groups in total. The van der Waals surface area contributed by atoms with Gasteiger partial charge in [0.1, 0.15) is 0 Å². The Morgan fingerprint density at radius 2 is 2.00 bits per heavy atom. The van der Waals surface area contributed by atoms with Crippen molar-refractivity contribution in [3.63, 3.8) is 0 Å². The summed E-state index contributed by atoms with van der Waals surface area (Å²) in [6.07, 6.45) is 3.18. The molecule has 1 heterocycles. The van der Waals surface area contributed by atoms with E-state index in [0.29, 0.717) is 13.0 Å². The number of hydrogen-bond donors (Lipinski definition) is 0. The average molecular weight is 186 g/mol. The SMILES string of the molecule is CCOC(=O)CC[N+]1(C)CCCC1. The first-order valence-corrected chi connectivity index (χ1v) is 5.15. The maximum atomic E-state index is 11.1. The quantitative estimate of drug-likeness (QED) is 0.487. The Morgan fingerprint density at radius 3 is 2.54 bits per heavy atom. The van der Waals surface area contributed by atoms with Gasteiger partial charge in [-0.3, -0.25) is 4.79 Å². The zero-order chi connectivity index (χ0) is 9.73. The maximum absolute atomic E-state index is 11.1. The van der Waals surface area contributed by atoms with Crippen molar-refractivity contribution in [3.8, 4) is 0 Å². The fourth-order valence-corrected chi connectivity index (χ4v) is 1.92. The topological polar surface area (TPSA) is 26.3 Å². The van der Waals surface area contributed by atoms with Crippen molar-refractivity contribution in [2.75, 3.05) is 33.3 Å². The van der Waals surface area contributed by atoms with Crippen LogP contribution in [0.25, 0.3) is 0 Å². The Bertz CT molecular complexity index is 174. The van der Waals surface area contributed by atoms with Gasteiger partial charge in [0, 0.05) is 12.8 Å². The molecule has 3 nitrogen and oxygen atoms in total. The van der Waals surface area contributed by atoms with E-state index in [1.165, 1.54) is 25.9 Å². The Labute approximate surface area is 80.3 Å². The van der Waals surface area contributed by atoms with Crippen molar-refractivity contribution < 1.29 is 14.0 Å². The Kier molecular flexibility index (Phi) is 3.72. The number of quaternary nitrogens is 1. The smallest absolute Gasteiger partial charge is 0.311 e. The average Bonchev–Trinajstić information content (AvgIpc) is 2.51. The van der Waals surface area contributed by atoms with Gasteiger partial charge in [-0.25, -0.2) is 0 Å². The number of rotatable bonds is 4. The van der Waals surface area contributed by atoms with Crippen molar-refractivity contribution in [2.45, 2.75) is 26.2 Å². The van der Waals surface area contributed by atoms with Gasteiger partial charge in [0.25, 0.3) is 0 Å². The molecule has 76 valence electrons. The van der Waals surface area contributed by atoms with Crippen LogP contribution < -0.4 is 0 Å². The molecule has 0 amide bonds. The van der Waals surface area contributed by atoms with Gasteiger partial charge in [-0.15, -0.1) is 0 Å². The summed E-state index contributed by atoms with van der Waals surface area (Å²) in [7, 11) is 2.23. The third-order valence-corrected chi connectivity index (χ3v) is 2.81. The number of carbonyl (C=O) groups excluding carboxylic acids is 1. The first kappa shape index (κ1) is 10.5. The second kappa shape index (κ2) is 4.61. The molecule has 1 rings (SSSR count). The highest BCUT2D eigenvalue weighted by molar-refractivity contribution is 5.69. The molecule has 1 fully saturated rings. The Morgan fingerprint density at radius 1 is 1.38 bits per heavy atom. The third kappa shape index (κ3) is 3.35. The highest BCUT2D eigenvalue weighted by atomic mass is 16.5. The molecule has 0 aromatic rings. The van der Waals surface area contributed by atoms with Crippen LogP contribution in [0, 0.1) is 0 Å². The molecule has 0 unspecified atom stereocenters. The summed E-state index contributed by atoms with van der Waals surface area (Å²) in [4.78, 5) is 11.1. The second-order valence-electron chi connectivity index (χ2n) is 4.05. The number of carbonyl (C=O) groups is 1. The molecular formula is C10H20NO2+. The summed E-state index contributed by atoms with van der Waals surface area (Å²) in [6, 6.07) is 0. The molecular weight excluding hydrogens is 166 g/mol. The zero-order valence-corrected chi connectivity index (χ0v) is 8.71. The lowest BCUT2D eigenvalue weighted by Gasteiger charge is -2.28. The lowest BCUT2D eigenvalue weighted by molar-refractivity contribution is -0.897. The van der Waals surface area contributed by atoms with Crippen molar-refractivity contribution in [3.05, 3.63) is 0 Å². The second-order valence-corrected chi connectivity index (χ2v) is 4.05. The normalized spacial score (nSPS) is 20.2. The molecule has 0 saturated carbocycles. The van der Waals surface area contributed by atoms with Crippen LogP contribution in [0.1, 0.15) is 26.2 Å². The van der Waals surface area contributed by atoms with E-state index in [-0.39, 0.29) is 5.97 Å². The molecule has 1 aliphatic rings. The van der Waals surface area contributed by atoms with Gasteiger partial charge in [-0.05, 0) is 6.92 Å². The van der Waals surface area contributed by atoms with E-state index < -0.39 is 0 Å². The van der Waals surface area contributed by atoms with Gasteiger partial charge < -0.3 is 9.22 Å². The lowest BCUT2D eigenvalue weighted by atomic mass is 10.3. The predicted octanol–water partition coefficient (Wildman–Crippen LogP) is 1.18. The number of hydrogen-bond acceptors (Lipinski definition) is 2. The van der Waals surface area contributed by atoms with Crippen molar-refractivity contribution >= 4 is 5.97 Å². The molecule has 0 aromatic heterocycles. The minimum Gasteiger partial charge on any atom is -0.466 e. The van der Waals surface area contributed by atoms with Crippen LogP contribution in [0.2, 0.25) is 0 Å². The van der Waals surface area contributed by atoms with Gasteiger partial charge in [0.05, 0.1) is 39.7 Å². The molecule has 0 bridgehead atoms. The van der Waals surface area contributed by atoms with E-state index in [9.17, 15) is 4.79 Å². The molecule has 0 spiro atoms. The van der Waals surface area contributed by atoms with E-state index >= 15 is 0 Å². The van der Waals surface area contributed by atoms with Gasteiger partial charge in [0.2, 0.25) is 0 Å². The van der Waals surface area contributed by atoms with Crippen LogP contribution in [0.3, 0.4) is 0 Å². The molecule has 3 heteroatoms. The van der Waals surface area contributed by atoms with Crippen LogP contribution in [-0.4, -0.2) is 43.7 Å². The first-order valence-electron chi connectivity index (χ1n) is 5.15. The predicted molar refractivity (Wildman–Crippen MR) is 51.3 cm³/mol. The fourth-order valence-electron chi connectivity index (χ4n) is 1.92. The minimum absolute atomic E-state index is 0.0475. The molecule has 0 atom stereocenters. The number of likely N-dealkylation sites (tertiary alicyclic amines) is 1. The third-order valence-electron chi connectivity index (χ3n) is 2.81. The number of esters is 1. The number of ether oxygens (including phenoxy) is 1. The summed E-state index contributed by atoms with van der Waals surface area (Å²) in [5, 5.41) is 0. The zero-order valence-electron chi connectivity index (χ0n) is 8.71. The first-order chi connectivity index (χ1) is 6.16. The van der Waals surface area contributed by atoms with E-state index in [4.69, 9.17) is 4.74 Å². The van der Waals surface area contributed by atoms with Crippen molar-refractivity contribution in [1.29, 1.82) is 0 Å². The molecule has 0 radical (unpaired) electrons. The van der Waals surface area contributed by atoms with Gasteiger partial charge in [0.15, 0.2) is 0 Å². The Hall–Kier alpha value is -0.570. The minimum atomic E-state index is -0.0475. The summed E-state index contributed by atoms with van der Waals surface area (Å²) >= 11 is 0. The molecule has 0 aliphatic carbocycles. The standard InChI is InChI=1S/C10H20NO2/c1-3-13-10(12)6-9-11(2)7-4-5-8-11/h3-9H2,1-2H3/q+1. The van der Waals surface area contributed by atoms with Crippen molar-refractivity contribution in [1.82, 2.24) is 0 Å². The van der Waals surface area contributed by atoms with Crippen LogP contribution in [0.5, 0.6) is 0 Å². The molecule has 1 saturated heterocycles. The van der Waals surface area contributed by atoms with E-state index in [1.54, 1.807) is 0 Å². The molecule has 0 aromatic carbocycles. The summed E-state index contributed by atoms with van der Waals surface area (Å²) in [6.45, 7) is 5.74. The van der Waals surface area contributed by atoms with E-state index in [1.807, 2.05) is 6.92 Å². The van der Waals surface area contributed by atoms with Crippen LogP contribution >= 0.6 is 0 Å².